The molecule has 2 amide bonds. The third-order valence-corrected chi connectivity index (χ3v) is 8.39. The largest absolute Gasteiger partial charge is 0.497 e. The number of carbonyl (C=O) groups is 2. The van der Waals surface area contributed by atoms with Crippen molar-refractivity contribution >= 4 is 11.8 Å². The number of amides is 2. The van der Waals surface area contributed by atoms with Crippen LogP contribution in [0.3, 0.4) is 0 Å². The Labute approximate surface area is 220 Å². The van der Waals surface area contributed by atoms with Gasteiger partial charge in [0.2, 0.25) is 5.91 Å². The van der Waals surface area contributed by atoms with Crippen molar-refractivity contribution in [1.29, 1.82) is 0 Å². The predicted molar refractivity (Wildman–Crippen MR) is 143 cm³/mol. The lowest BCUT2D eigenvalue weighted by molar-refractivity contribution is -0.130. The van der Waals surface area contributed by atoms with Crippen LogP contribution in [-0.4, -0.2) is 68.1 Å². The first-order chi connectivity index (χ1) is 18.1. The highest BCUT2D eigenvalue weighted by atomic mass is 16.5. The van der Waals surface area contributed by atoms with Crippen LogP contribution in [0.25, 0.3) is 0 Å². The van der Waals surface area contributed by atoms with Crippen molar-refractivity contribution in [3.63, 3.8) is 0 Å². The smallest absolute Gasteiger partial charge is 0.254 e. The second-order valence-electron chi connectivity index (χ2n) is 10.6. The van der Waals surface area contributed by atoms with E-state index in [-0.39, 0.29) is 23.9 Å². The van der Waals surface area contributed by atoms with E-state index in [9.17, 15) is 9.59 Å². The van der Waals surface area contributed by atoms with Crippen LogP contribution in [0, 0.1) is 5.92 Å². The summed E-state index contributed by atoms with van der Waals surface area (Å²) in [5.41, 5.74) is 3.19. The number of piperazine rings is 1. The van der Waals surface area contributed by atoms with E-state index in [0.717, 1.165) is 32.1 Å². The highest BCUT2D eigenvalue weighted by Crippen LogP contribution is 2.34. The summed E-state index contributed by atoms with van der Waals surface area (Å²) in [5, 5.41) is 3.45. The molecule has 7 heteroatoms. The van der Waals surface area contributed by atoms with E-state index in [1.54, 1.807) is 32.4 Å². The third-order valence-electron chi connectivity index (χ3n) is 8.39. The molecule has 0 unspecified atom stereocenters. The zero-order valence-corrected chi connectivity index (χ0v) is 22.1. The lowest BCUT2D eigenvalue weighted by Gasteiger charge is -2.41. The zero-order chi connectivity index (χ0) is 25.8. The van der Waals surface area contributed by atoms with Gasteiger partial charge in [-0.1, -0.05) is 37.1 Å². The van der Waals surface area contributed by atoms with Gasteiger partial charge in [0.25, 0.3) is 5.91 Å². The normalized spacial score (nSPS) is 21.2. The molecule has 0 spiro atoms. The van der Waals surface area contributed by atoms with E-state index in [1.165, 1.54) is 24.0 Å². The maximum atomic E-state index is 13.8. The average molecular weight is 506 g/mol. The maximum absolute atomic E-state index is 13.8. The summed E-state index contributed by atoms with van der Waals surface area (Å²) < 4.78 is 10.7. The summed E-state index contributed by atoms with van der Waals surface area (Å²) in [7, 11) is 3.17. The summed E-state index contributed by atoms with van der Waals surface area (Å²) in [6.07, 6.45) is 7.76. The number of methoxy groups -OCH3 is 2. The summed E-state index contributed by atoms with van der Waals surface area (Å²) in [4.78, 5) is 31.3. The molecular formula is C30H39N3O4. The van der Waals surface area contributed by atoms with E-state index in [1.807, 2.05) is 4.90 Å². The van der Waals surface area contributed by atoms with Gasteiger partial charge in [-0.2, -0.15) is 0 Å². The van der Waals surface area contributed by atoms with Crippen LogP contribution in [0.5, 0.6) is 11.5 Å². The Morgan fingerprint density at radius 2 is 1.57 bits per heavy atom. The number of hydrogen-bond donors (Lipinski definition) is 1. The van der Waals surface area contributed by atoms with Crippen molar-refractivity contribution in [3.8, 4) is 11.5 Å². The number of benzene rings is 2. The lowest BCUT2D eigenvalue weighted by Crippen LogP contribution is -2.58. The summed E-state index contributed by atoms with van der Waals surface area (Å²) >= 11 is 0. The summed E-state index contributed by atoms with van der Waals surface area (Å²) in [6.45, 7) is 2.59. The van der Waals surface area contributed by atoms with E-state index < -0.39 is 0 Å². The molecule has 3 aliphatic rings. The molecule has 2 aromatic carbocycles. The number of rotatable bonds is 7. The van der Waals surface area contributed by atoms with Crippen molar-refractivity contribution in [2.45, 2.75) is 57.0 Å². The van der Waals surface area contributed by atoms with Crippen molar-refractivity contribution in [2.24, 2.45) is 5.92 Å². The molecule has 198 valence electrons. The molecule has 1 heterocycles. The van der Waals surface area contributed by atoms with Crippen molar-refractivity contribution < 1.29 is 19.1 Å². The van der Waals surface area contributed by atoms with Crippen molar-refractivity contribution in [2.75, 3.05) is 40.4 Å². The Morgan fingerprint density at radius 3 is 2.24 bits per heavy atom. The zero-order valence-electron chi connectivity index (χ0n) is 22.1. The number of nitrogens with one attached hydrogen (secondary N) is 1. The van der Waals surface area contributed by atoms with Gasteiger partial charge in [0.05, 0.1) is 26.3 Å². The second-order valence-corrected chi connectivity index (χ2v) is 10.6. The fourth-order valence-corrected chi connectivity index (χ4v) is 6.43. The van der Waals surface area contributed by atoms with Gasteiger partial charge in [0.15, 0.2) is 0 Å². The molecule has 2 fully saturated rings. The molecule has 0 aromatic heterocycles. The number of hydrogen-bond acceptors (Lipinski definition) is 5. The highest BCUT2D eigenvalue weighted by molar-refractivity contribution is 5.95. The van der Waals surface area contributed by atoms with Gasteiger partial charge in [-0.25, -0.2) is 0 Å². The Bertz CT molecular complexity index is 1080. The molecule has 2 aromatic rings. The highest BCUT2D eigenvalue weighted by Gasteiger charge is 2.38. The number of carbonyl (C=O) groups excluding carboxylic acids is 2. The number of ether oxygens (including phenoxy) is 2. The van der Waals surface area contributed by atoms with Crippen LogP contribution in [-0.2, 0) is 11.2 Å². The Kier molecular flexibility index (Phi) is 7.99. The van der Waals surface area contributed by atoms with Crippen LogP contribution in [0.15, 0.2) is 42.5 Å². The second kappa shape index (κ2) is 11.5. The van der Waals surface area contributed by atoms with Gasteiger partial charge in [0.1, 0.15) is 11.5 Å². The van der Waals surface area contributed by atoms with Gasteiger partial charge in [-0.3, -0.25) is 14.5 Å². The van der Waals surface area contributed by atoms with E-state index >= 15 is 0 Å². The van der Waals surface area contributed by atoms with Crippen LogP contribution in [0.1, 0.15) is 66.1 Å². The van der Waals surface area contributed by atoms with Gasteiger partial charge in [-0.15, -0.1) is 0 Å². The predicted octanol–water partition coefficient (Wildman–Crippen LogP) is 4.21. The molecular weight excluding hydrogens is 466 g/mol. The number of fused-ring (bicyclic) bond motifs is 1. The van der Waals surface area contributed by atoms with E-state index in [0.29, 0.717) is 49.2 Å². The summed E-state index contributed by atoms with van der Waals surface area (Å²) in [6, 6.07) is 13.8. The van der Waals surface area contributed by atoms with Crippen LogP contribution >= 0.6 is 0 Å². The molecule has 1 N–H and O–H groups in total. The fourth-order valence-electron chi connectivity index (χ4n) is 6.43. The van der Waals surface area contributed by atoms with Gasteiger partial charge < -0.3 is 19.7 Å². The lowest BCUT2D eigenvalue weighted by atomic mass is 9.87. The number of aryl methyl sites for hydroxylation is 1. The monoisotopic (exact) mass is 505 g/mol. The first-order valence-corrected chi connectivity index (χ1v) is 13.7. The molecule has 1 saturated carbocycles. The fraction of sp³-hybridized carbons (Fsp3) is 0.533. The molecule has 2 atom stereocenters. The topological polar surface area (TPSA) is 71.1 Å². The minimum atomic E-state index is -0.134. The molecule has 37 heavy (non-hydrogen) atoms. The Hall–Kier alpha value is -3.06. The number of nitrogens with zero attached hydrogens (tertiary/aromatic N) is 2. The Balaban J connectivity index is 1.27. The quantitative estimate of drug-likeness (QED) is 0.610. The molecule has 2 aliphatic carbocycles. The van der Waals surface area contributed by atoms with E-state index in [2.05, 4.69) is 34.5 Å². The average Bonchev–Trinajstić information content (AvgIpc) is 3.47. The van der Waals surface area contributed by atoms with Gasteiger partial charge >= 0.3 is 0 Å². The molecule has 7 nitrogen and oxygen atoms in total. The van der Waals surface area contributed by atoms with Crippen LogP contribution in [0.4, 0.5) is 0 Å². The SMILES string of the molecule is COc1cc(OC)cc(C(=O)N2CCN([C@H](C(=O)N[C@H]3CCCc4ccccc43)C3CCCC3)CC2)c1. The van der Waals surface area contributed by atoms with Crippen molar-refractivity contribution in [3.05, 3.63) is 59.2 Å². The molecule has 0 bridgehead atoms. The minimum Gasteiger partial charge on any atom is -0.497 e. The van der Waals surface area contributed by atoms with Gasteiger partial charge in [-0.05, 0) is 61.3 Å². The van der Waals surface area contributed by atoms with Gasteiger partial charge in [0, 0.05) is 37.8 Å². The first-order valence-electron chi connectivity index (χ1n) is 13.7. The molecule has 1 aliphatic heterocycles. The standard InChI is InChI=1S/C30H39N3O4/c1-36-24-18-23(19-25(20-24)37-2)30(35)33-16-14-32(15-17-33)28(22-9-3-4-10-22)29(34)31-27-13-7-11-21-8-5-6-12-26(21)27/h5-6,8,12,18-20,22,27-28H,3-4,7,9-11,13-17H2,1-2H3,(H,31,34)/t27-,28-/m0/s1. The third kappa shape index (κ3) is 5.61. The van der Waals surface area contributed by atoms with Crippen molar-refractivity contribution in [1.82, 2.24) is 15.1 Å². The molecule has 0 radical (unpaired) electrons. The molecule has 1 saturated heterocycles. The van der Waals surface area contributed by atoms with Crippen LogP contribution < -0.4 is 14.8 Å². The van der Waals surface area contributed by atoms with Crippen LogP contribution in [0.2, 0.25) is 0 Å². The Morgan fingerprint density at radius 1 is 0.892 bits per heavy atom. The molecule has 5 rings (SSSR count). The first kappa shape index (κ1) is 25.6. The summed E-state index contributed by atoms with van der Waals surface area (Å²) in [5.74, 6) is 1.71. The maximum Gasteiger partial charge on any atom is 0.254 e. The minimum absolute atomic E-state index is 0.0301. The van der Waals surface area contributed by atoms with E-state index in [4.69, 9.17) is 9.47 Å².